The Morgan fingerprint density at radius 2 is 2.17 bits per heavy atom. The Hall–Kier alpha value is -1.10. The second-order valence-corrected chi connectivity index (χ2v) is 7.57. The number of hydrogen-bond donors (Lipinski definition) is 3. The third kappa shape index (κ3) is 2.88. The fraction of sp³-hybridized carbons (Fsp3) is 0.684. The first-order valence-corrected chi connectivity index (χ1v) is 8.65. The standard InChI is InChI=1S/C19H28O4/c1-12-7-15(21)8-17-16(12)4-3-13(2)19(17,11-20)9-18(22)14-5-6-23-10-14/h5-7,10,13,15-18,20-22H,3-4,8-9,11H2,1-2H3/t13-,15?,16+,17+,18-,19?/m1/s1. The molecule has 0 aliphatic heterocycles. The molecule has 0 spiro atoms. The first kappa shape index (κ1) is 16.7. The number of furan rings is 1. The van der Waals surface area contributed by atoms with Crippen molar-refractivity contribution in [2.45, 2.75) is 51.7 Å². The van der Waals surface area contributed by atoms with Gasteiger partial charge in [-0.05, 0) is 56.4 Å². The molecular weight excluding hydrogens is 292 g/mol. The van der Waals surface area contributed by atoms with Crippen LogP contribution in [0.4, 0.5) is 0 Å². The predicted octanol–water partition coefficient (Wildman–Crippen LogP) is 3.06. The number of aliphatic hydroxyl groups is 3. The SMILES string of the molecule is CC1=CC(O)C[C@H]2[C@H]1CC[C@@H](C)C2(CO)C[C@@H](O)c1ccoc1. The highest BCUT2D eigenvalue weighted by molar-refractivity contribution is 5.19. The van der Waals surface area contributed by atoms with Crippen LogP contribution in [-0.4, -0.2) is 28.0 Å². The lowest BCUT2D eigenvalue weighted by Crippen LogP contribution is -2.50. The van der Waals surface area contributed by atoms with E-state index in [-0.39, 0.29) is 17.9 Å². The molecule has 0 saturated heterocycles. The van der Waals surface area contributed by atoms with E-state index in [1.165, 1.54) is 5.57 Å². The molecule has 23 heavy (non-hydrogen) atoms. The van der Waals surface area contributed by atoms with Gasteiger partial charge in [0.15, 0.2) is 0 Å². The molecule has 3 N–H and O–H groups in total. The number of fused-ring (bicyclic) bond motifs is 1. The first-order valence-electron chi connectivity index (χ1n) is 8.65. The molecule has 0 bridgehead atoms. The Morgan fingerprint density at radius 3 is 2.83 bits per heavy atom. The van der Waals surface area contributed by atoms with Gasteiger partial charge in [-0.1, -0.05) is 18.6 Å². The highest BCUT2D eigenvalue weighted by Gasteiger charge is 2.52. The average molecular weight is 320 g/mol. The molecule has 1 fully saturated rings. The summed E-state index contributed by atoms with van der Waals surface area (Å²) in [6, 6.07) is 1.78. The molecule has 4 heteroatoms. The third-order valence-electron chi connectivity index (χ3n) is 6.45. The van der Waals surface area contributed by atoms with Gasteiger partial charge in [-0.2, -0.15) is 0 Å². The summed E-state index contributed by atoms with van der Waals surface area (Å²) in [7, 11) is 0. The van der Waals surface area contributed by atoms with Crippen LogP contribution < -0.4 is 0 Å². The van der Waals surface area contributed by atoms with Gasteiger partial charge in [0.25, 0.3) is 0 Å². The molecule has 2 unspecified atom stereocenters. The van der Waals surface area contributed by atoms with Gasteiger partial charge in [0, 0.05) is 17.6 Å². The van der Waals surface area contributed by atoms with Crippen molar-refractivity contribution in [2.24, 2.45) is 23.2 Å². The van der Waals surface area contributed by atoms with Crippen molar-refractivity contribution in [1.82, 2.24) is 0 Å². The number of rotatable bonds is 4. The van der Waals surface area contributed by atoms with Gasteiger partial charge in [0.1, 0.15) is 0 Å². The topological polar surface area (TPSA) is 73.8 Å². The van der Waals surface area contributed by atoms with Crippen molar-refractivity contribution in [3.05, 3.63) is 35.8 Å². The maximum atomic E-state index is 10.6. The first-order chi connectivity index (χ1) is 11.0. The minimum Gasteiger partial charge on any atom is -0.472 e. The van der Waals surface area contributed by atoms with Gasteiger partial charge < -0.3 is 19.7 Å². The quantitative estimate of drug-likeness (QED) is 0.746. The molecule has 0 aromatic carbocycles. The van der Waals surface area contributed by atoms with Crippen LogP contribution in [0.2, 0.25) is 0 Å². The lowest BCUT2D eigenvalue weighted by Gasteiger charge is -2.54. The summed E-state index contributed by atoms with van der Waals surface area (Å²) >= 11 is 0. The van der Waals surface area contributed by atoms with E-state index < -0.39 is 12.2 Å². The summed E-state index contributed by atoms with van der Waals surface area (Å²) in [5, 5.41) is 31.2. The van der Waals surface area contributed by atoms with Crippen LogP contribution in [0, 0.1) is 23.2 Å². The number of allylic oxidation sites excluding steroid dienone is 1. The molecule has 0 amide bonds. The van der Waals surface area contributed by atoms with Crippen molar-refractivity contribution < 1.29 is 19.7 Å². The van der Waals surface area contributed by atoms with E-state index in [0.717, 1.165) is 18.4 Å². The van der Waals surface area contributed by atoms with E-state index in [9.17, 15) is 15.3 Å². The highest BCUT2D eigenvalue weighted by Crippen LogP contribution is 2.56. The van der Waals surface area contributed by atoms with Crippen LogP contribution in [0.15, 0.2) is 34.7 Å². The molecular formula is C19H28O4. The van der Waals surface area contributed by atoms with Crippen LogP contribution in [-0.2, 0) is 0 Å². The second kappa shape index (κ2) is 6.42. The fourth-order valence-corrected chi connectivity index (χ4v) is 5.02. The van der Waals surface area contributed by atoms with Gasteiger partial charge in [-0.25, -0.2) is 0 Å². The second-order valence-electron chi connectivity index (χ2n) is 7.57. The van der Waals surface area contributed by atoms with Gasteiger partial charge in [-0.3, -0.25) is 0 Å². The van der Waals surface area contributed by atoms with Gasteiger partial charge in [-0.15, -0.1) is 0 Å². The summed E-state index contributed by atoms with van der Waals surface area (Å²) in [5.74, 6) is 0.921. The summed E-state index contributed by atoms with van der Waals surface area (Å²) in [5.41, 5.74) is 1.63. The molecule has 4 nitrogen and oxygen atoms in total. The Balaban J connectivity index is 1.92. The van der Waals surface area contributed by atoms with E-state index in [2.05, 4.69) is 13.8 Å². The van der Waals surface area contributed by atoms with Gasteiger partial charge in [0.2, 0.25) is 0 Å². The molecule has 1 saturated carbocycles. The normalized spacial score (nSPS) is 38.7. The predicted molar refractivity (Wildman–Crippen MR) is 87.6 cm³/mol. The zero-order chi connectivity index (χ0) is 16.6. The fourth-order valence-electron chi connectivity index (χ4n) is 5.02. The molecule has 128 valence electrons. The van der Waals surface area contributed by atoms with E-state index in [1.807, 2.05) is 6.08 Å². The van der Waals surface area contributed by atoms with Crippen LogP contribution in [0.1, 0.15) is 51.2 Å². The van der Waals surface area contributed by atoms with Gasteiger partial charge in [0.05, 0.1) is 24.7 Å². The zero-order valence-electron chi connectivity index (χ0n) is 14.0. The van der Waals surface area contributed by atoms with Crippen molar-refractivity contribution in [1.29, 1.82) is 0 Å². The molecule has 2 aliphatic carbocycles. The lowest BCUT2D eigenvalue weighted by atomic mass is 9.51. The Morgan fingerprint density at radius 1 is 1.39 bits per heavy atom. The number of aliphatic hydroxyl groups excluding tert-OH is 3. The van der Waals surface area contributed by atoms with Crippen LogP contribution >= 0.6 is 0 Å². The molecule has 6 atom stereocenters. The minimum atomic E-state index is -0.648. The van der Waals surface area contributed by atoms with E-state index >= 15 is 0 Å². The maximum absolute atomic E-state index is 10.6. The molecule has 1 aromatic rings. The number of hydrogen-bond acceptors (Lipinski definition) is 4. The van der Waals surface area contributed by atoms with E-state index in [1.54, 1.807) is 18.6 Å². The van der Waals surface area contributed by atoms with Crippen molar-refractivity contribution in [3.63, 3.8) is 0 Å². The lowest BCUT2D eigenvalue weighted by molar-refractivity contribution is -0.0922. The smallest absolute Gasteiger partial charge is 0.0960 e. The van der Waals surface area contributed by atoms with Crippen LogP contribution in [0.25, 0.3) is 0 Å². The Bertz CT molecular complexity index is 550. The molecule has 1 heterocycles. The largest absolute Gasteiger partial charge is 0.472 e. The van der Waals surface area contributed by atoms with E-state index in [4.69, 9.17) is 4.42 Å². The third-order valence-corrected chi connectivity index (χ3v) is 6.45. The molecule has 3 rings (SSSR count). The maximum Gasteiger partial charge on any atom is 0.0960 e. The molecule has 1 aromatic heterocycles. The summed E-state index contributed by atoms with van der Waals surface area (Å²) in [4.78, 5) is 0. The highest BCUT2D eigenvalue weighted by atomic mass is 16.3. The van der Waals surface area contributed by atoms with Crippen LogP contribution in [0.5, 0.6) is 0 Å². The summed E-state index contributed by atoms with van der Waals surface area (Å²) in [6.45, 7) is 4.31. The Kier molecular flexibility index (Phi) is 4.68. The monoisotopic (exact) mass is 320 g/mol. The van der Waals surface area contributed by atoms with E-state index in [0.29, 0.717) is 24.7 Å². The van der Waals surface area contributed by atoms with Crippen molar-refractivity contribution in [2.75, 3.05) is 6.61 Å². The van der Waals surface area contributed by atoms with Crippen molar-refractivity contribution in [3.8, 4) is 0 Å². The summed E-state index contributed by atoms with van der Waals surface area (Å²) < 4.78 is 5.09. The summed E-state index contributed by atoms with van der Waals surface area (Å²) in [6.07, 6.45) is 7.33. The van der Waals surface area contributed by atoms with Gasteiger partial charge >= 0.3 is 0 Å². The molecule has 2 aliphatic rings. The zero-order valence-corrected chi connectivity index (χ0v) is 14.0. The van der Waals surface area contributed by atoms with Crippen molar-refractivity contribution >= 4 is 0 Å². The average Bonchev–Trinajstić information content (AvgIpc) is 3.04. The minimum absolute atomic E-state index is 0.0459. The van der Waals surface area contributed by atoms with Crippen LogP contribution in [0.3, 0.4) is 0 Å². The molecule has 0 radical (unpaired) electrons. The Labute approximate surface area is 137 Å².